The van der Waals surface area contributed by atoms with Crippen molar-refractivity contribution in [2.75, 3.05) is 62.2 Å². The first-order valence-corrected chi connectivity index (χ1v) is 15.0. The summed E-state index contributed by atoms with van der Waals surface area (Å²) < 4.78 is 2.08. The van der Waals surface area contributed by atoms with E-state index in [0.717, 1.165) is 87.3 Å². The van der Waals surface area contributed by atoms with Crippen LogP contribution in [0.4, 0.5) is 11.4 Å². The Kier molecular flexibility index (Phi) is 9.03. The third-order valence-corrected chi connectivity index (χ3v) is 8.97. The van der Waals surface area contributed by atoms with Crippen LogP contribution in [-0.4, -0.2) is 78.7 Å². The van der Waals surface area contributed by atoms with Gasteiger partial charge in [-0.15, -0.1) is 0 Å². The van der Waals surface area contributed by atoms with Gasteiger partial charge in [0.25, 0.3) is 5.91 Å². The Morgan fingerprint density at radius 2 is 1.73 bits per heavy atom. The first-order chi connectivity index (χ1) is 19.4. The third-order valence-electron chi connectivity index (χ3n) is 8.65. The molecule has 1 atom stereocenters. The van der Waals surface area contributed by atoms with E-state index in [1.54, 1.807) is 0 Å². The summed E-state index contributed by atoms with van der Waals surface area (Å²) in [5.41, 5.74) is 12.6. The van der Waals surface area contributed by atoms with Crippen molar-refractivity contribution in [2.24, 2.45) is 12.8 Å². The quantitative estimate of drug-likeness (QED) is 0.436. The molecule has 1 amide bonds. The number of aryl methyl sites for hydroxylation is 1. The molecule has 2 saturated heterocycles. The van der Waals surface area contributed by atoms with Gasteiger partial charge in [-0.1, -0.05) is 35.9 Å². The zero-order valence-electron chi connectivity index (χ0n) is 24.2. The molecule has 0 saturated carbocycles. The maximum atomic E-state index is 13.8. The minimum Gasteiger partial charge on any atom is -0.368 e. The number of nitrogens with zero attached hydrogens (tertiary/aromatic N) is 5. The summed E-state index contributed by atoms with van der Waals surface area (Å²) in [6, 6.07) is 19.1. The van der Waals surface area contributed by atoms with Crippen molar-refractivity contribution in [3.05, 3.63) is 82.1 Å². The lowest BCUT2D eigenvalue weighted by molar-refractivity contribution is 0.0664. The Morgan fingerprint density at radius 3 is 2.45 bits per heavy atom. The lowest BCUT2D eigenvalue weighted by Crippen LogP contribution is -2.54. The Bertz CT molecular complexity index is 1310. The zero-order valence-corrected chi connectivity index (χ0v) is 24.9. The smallest absolute Gasteiger partial charge is 0.270 e. The molecule has 2 aliphatic heterocycles. The molecule has 0 radical (unpaired) electrons. The maximum Gasteiger partial charge on any atom is 0.270 e. The van der Waals surface area contributed by atoms with Crippen LogP contribution < -0.4 is 15.5 Å². The summed E-state index contributed by atoms with van der Waals surface area (Å²) in [5.74, 6) is 0.129. The van der Waals surface area contributed by atoms with E-state index in [0.29, 0.717) is 6.54 Å². The number of carbonyl (C=O) groups is 1. The Hall–Kier alpha value is -3.00. The van der Waals surface area contributed by atoms with E-state index in [1.807, 2.05) is 25.2 Å². The highest BCUT2D eigenvalue weighted by atomic mass is 35.5. The SMILES string of the molecule is Cc1c(CN2CCN(c3ccccc3Cl)CC2)cc(C(=O)N2CCN(c3cccc(CCCN)c3)C[C@H]2C)n1C. The van der Waals surface area contributed by atoms with Gasteiger partial charge in [-0.05, 0) is 74.7 Å². The molecule has 2 aliphatic rings. The summed E-state index contributed by atoms with van der Waals surface area (Å²) in [5, 5.41) is 0.809. The summed E-state index contributed by atoms with van der Waals surface area (Å²) in [6.45, 7) is 12.1. The molecular weight excluding hydrogens is 520 g/mol. The van der Waals surface area contributed by atoms with E-state index in [-0.39, 0.29) is 11.9 Å². The van der Waals surface area contributed by atoms with Crippen LogP contribution in [0.1, 0.15) is 40.7 Å². The van der Waals surface area contributed by atoms with Gasteiger partial charge in [-0.25, -0.2) is 0 Å². The summed E-state index contributed by atoms with van der Waals surface area (Å²) in [4.78, 5) is 23.1. The minimum absolute atomic E-state index is 0.129. The molecule has 0 spiro atoms. The summed E-state index contributed by atoms with van der Waals surface area (Å²) in [6.07, 6.45) is 2.00. The molecule has 1 aromatic heterocycles. The molecule has 0 unspecified atom stereocenters. The van der Waals surface area contributed by atoms with Gasteiger partial charge in [0.05, 0.1) is 10.7 Å². The second-order valence-electron chi connectivity index (χ2n) is 11.3. The van der Waals surface area contributed by atoms with E-state index >= 15 is 0 Å². The minimum atomic E-state index is 0.129. The van der Waals surface area contributed by atoms with Gasteiger partial charge in [-0.2, -0.15) is 0 Å². The van der Waals surface area contributed by atoms with Crippen molar-refractivity contribution >= 4 is 28.9 Å². The van der Waals surface area contributed by atoms with Crippen LogP contribution >= 0.6 is 11.6 Å². The van der Waals surface area contributed by atoms with Crippen molar-refractivity contribution in [3.63, 3.8) is 0 Å². The highest BCUT2D eigenvalue weighted by molar-refractivity contribution is 6.33. The fourth-order valence-electron chi connectivity index (χ4n) is 6.08. The molecule has 8 heteroatoms. The monoisotopic (exact) mass is 562 g/mol. The Balaban J connectivity index is 1.20. The average molecular weight is 563 g/mol. The number of hydrogen-bond acceptors (Lipinski definition) is 5. The number of carbonyl (C=O) groups excluding carboxylic acids is 1. The fourth-order valence-corrected chi connectivity index (χ4v) is 6.33. The molecule has 214 valence electrons. The molecule has 2 fully saturated rings. The molecule has 2 N–H and O–H groups in total. The van der Waals surface area contributed by atoms with Crippen molar-refractivity contribution in [2.45, 2.75) is 39.3 Å². The van der Waals surface area contributed by atoms with E-state index in [2.05, 4.69) is 74.4 Å². The van der Waals surface area contributed by atoms with Crippen LogP contribution in [0.5, 0.6) is 0 Å². The average Bonchev–Trinajstić information content (AvgIpc) is 3.25. The van der Waals surface area contributed by atoms with Crippen molar-refractivity contribution < 1.29 is 4.79 Å². The van der Waals surface area contributed by atoms with Crippen LogP contribution in [0, 0.1) is 6.92 Å². The lowest BCUT2D eigenvalue weighted by Gasteiger charge is -2.41. The second-order valence-corrected chi connectivity index (χ2v) is 11.7. The maximum absolute atomic E-state index is 13.8. The predicted octanol–water partition coefficient (Wildman–Crippen LogP) is 4.55. The van der Waals surface area contributed by atoms with Gasteiger partial charge in [0.15, 0.2) is 0 Å². The number of anilines is 2. The van der Waals surface area contributed by atoms with Crippen molar-refractivity contribution in [1.82, 2.24) is 14.4 Å². The van der Waals surface area contributed by atoms with Crippen LogP contribution in [0.2, 0.25) is 5.02 Å². The molecule has 5 rings (SSSR count). The molecule has 0 aliphatic carbocycles. The number of nitrogens with two attached hydrogens (primary N) is 1. The number of amides is 1. The second kappa shape index (κ2) is 12.7. The molecule has 0 bridgehead atoms. The van der Waals surface area contributed by atoms with Crippen LogP contribution in [-0.2, 0) is 20.0 Å². The molecule has 2 aromatic carbocycles. The largest absolute Gasteiger partial charge is 0.368 e. The number of hydrogen-bond donors (Lipinski definition) is 1. The number of benzene rings is 2. The van der Waals surface area contributed by atoms with Gasteiger partial charge < -0.3 is 25.0 Å². The number of para-hydroxylation sites is 1. The Morgan fingerprint density at radius 1 is 0.975 bits per heavy atom. The first kappa shape index (κ1) is 28.5. The van der Waals surface area contributed by atoms with Crippen LogP contribution in [0.25, 0.3) is 0 Å². The topological polar surface area (TPSA) is 61.0 Å². The molecule has 7 nitrogen and oxygen atoms in total. The van der Waals surface area contributed by atoms with Gasteiger partial charge in [-0.3, -0.25) is 9.69 Å². The molecular formula is C32H43ClN6O. The van der Waals surface area contributed by atoms with E-state index < -0.39 is 0 Å². The van der Waals surface area contributed by atoms with Gasteiger partial charge in [0.2, 0.25) is 0 Å². The Labute approximate surface area is 244 Å². The molecule has 3 aromatic rings. The zero-order chi connectivity index (χ0) is 28.2. The summed E-state index contributed by atoms with van der Waals surface area (Å²) in [7, 11) is 2.02. The number of rotatable bonds is 8. The first-order valence-electron chi connectivity index (χ1n) is 14.6. The third kappa shape index (κ3) is 6.17. The standard InChI is InChI=1S/C32H43ClN6O/c1-24-22-38(28-10-6-8-26(20-28)9-7-13-34)18-19-39(24)32(40)31-21-27(25(2)35(31)3)23-36-14-16-37(17-15-36)30-12-5-4-11-29(30)33/h4-6,8,10-12,20-21,24H,7,9,13-19,22-23,34H2,1-3H3/t24-/m1/s1. The van der Waals surface area contributed by atoms with Gasteiger partial charge >= 0.3 is 0 Å². The van der Waals surface area contributed by atoms with E-state index in [9.17, 15) is 4.79 Å². The normalized spacial score (nSPS) is 18.4. The number of aromatic nitrogens is 1. The summed E-state index contributed by atoms with van der Waals surface area (Å²) >= 11 is 6.43. The van der Waals surface area contributed by atoms with E-state index in [4.69, 9.17) is 17.3 Å². The van der Waals surface area contributed by atoms with Crippen LogP contribution in [0.15, 0.2) is 54.6 Å². The van der Waals surface area contributed by atoms with E-state index in [1.165, 1.54) is 16.8 Å². The lowest BCUT2D eigenvalue weighted by atomic mass is 10.1. The highest BCUT2D eigenvalue weighted by Gasteiger charge is 2.31. The highest BCUT2D eigenvalue weighted by Crippen LogP contribution is 2.27. The number of piperazine rings is 2. The van der Waals surface area contributed by atoms with Gasteiger partial charge in [0, 0.05) is 76.8 Å². The predicted molar refractivity (Wildman–Crippen MR) is 166 cm³/mol. The molecule has 40 heavy (non-hydrogen) atoms. The number of halogens is 1. The molecule has 3 heterocycles. The van der Waals surface area contributed by atoms with Gasteiger partial charge in [0.1, 0.15) is 5.69 Å². The van der Waals surface area contributed by atoms with Crippen molar-refractivity contribution in [3.8, 4) is 0 Å². The fraction of sp³-hybridized carbons (Fsp3) is 0.469. The van der Waals surface area contributed by atoms with Crippen LogP contribution in [0.3, 0.4) is 0 Å². The van der Waals surface area contributed by atoms with Crippen molar-refractivity contribution in [1.29, 1.82) is 0 Å².